The van der Waals surface area contributed by atoms with E-state index in [1.54, 1.807) is 13.1 Å². The molecule has 0 aliphatic carbocycles. The van der Waals surface area contributed by atoms with Crippen molar-refractivity contribution < 1.29 is 4.39 Å². The summed E-state index contributed by atoms with van der Waals surface area (Å²) in [6.45, 7) is 14.3. The van der Waals surface area contributed by atoms with Crippen LogP contribution in [0.15, 0.2) is 12.3 Å². The van der Waals surface area contributed by atoms with Gasteiger partial charge in [-0.3, -0.25) is 14.8 Å². The molecule has 4 heterocycles. The van der Waals surface area contributed by atoms with Crippen LogP contribution in [0, 0.1) is 19.7 Å². The fourth-order valence-corrected chi connectivity index (χ4v) is 3.61. The maximum Gasteiger partial charge on any atom is 0.172 e. The minimum Gasteiger partial charge on any atom is -0.281 e. The van der Waals surface area contributed by atoms with Crippen molar-refractivity contribution in [3.05, 3.63) is 46.4 Å². The number of halogens is 1. The van der Waals surface area contributed by atoms with Gasteiger partial charge in [0, 0.05) is 35.4 Å². The average Bonchev–Trinajstić information content (AvgIpc) is 3.26. The molecule has 6 nitrogen and oxygen atoms in total. The van der Waals surface area contributed by atoms with E-state index in [2.05, 4.69) is 54.0 Å². The molecule has 4 aromatic heterocycles. The Balaban J connectivity index is 0.000000172. The van der Waals surface area contributed by atoms with Crippen molar-refractivity contribution >= 4 is 21.9 Å². The smallest absolute Gasteiger partial charge is 0.172 e. The van der Waals surface area contributed by atoms with Crippen LogP contribution in [0.1, 0.15) is 74.8 Å². The Kier molecular flexibility index (Phi) is 6.19. The van der Waals surface area contributed by atoms with Crippen LogP contribution in [0.25, 0.3) is 21.9 Å². The Labute approximate surface area is 176 Å². The molecule has 0 amide bonds. The second-order valence-electron chi connectivity index (χ2n) is 8.35. The molecule has 4 rings (SSSR count). The summed E-state index contributed by atoms with van der Waals surface area (Å²) in [6, 6.07) is 2.23. The summed E-state index contributed by atoms with van der Waals surface area (Å²) in [4.78, 5) is 8.68. The molecule has 0 aromatic carbocycles. The lowest BCUT2D eigenvalue weighted by Gasteiger charge is -2.04. The van der Waals surface area contributed by atoms with Crippen molar-refractivity contribution in [3.63, 3.8) is 0 Å². The molecular weight excluding hydrogens is 379 g/mol. The Hall–Kier alpha value is -2.83. The molecule has 0 bridgehead atoms. The van der Waals surface area contributed by atoms with Gasteiger partial charge in [-0.25, -0.2) is 9.37 Å². The topological polar surface area (TPSA) is 72.3 Å². The monoisotopic (exact) mass is 410 g/mol. The van der Waals surface area contributed by atoms with Crippen molar-refractivity contribution in [1.82, 2.24) is 29.9 Å². The molecule has 0 radical (unpaired) electrons. The van der Waals surface area contributed by atoms with E-state index in [4.69, 9.17) is 4.98 Å². The Morgan fingerprint density at radius 2 is 1.80 bits per heavy atom. The normalized spacial score (nSPS) is 11.6. The third-order valence-corrected chi connectivity index (χ3v) is 5.34. The highest BCUT2D eigenvalue weighted by Crippen LogP contribution is 2.26. The zero-order valence-corrected chi connectivity index (χ0v) is 19.1. The lowest BCUT2D eigenvalue weighted by atomic mass is 10.1. The highest BCUT2D eigenvalue weighted by atomic mass is 19.1. The first kappa shape index (κ1) is 21.9. The summed E-state index contributed by atoms with van der Waals surface area (Å²) in [5.74, 6) is 0.409. The Morgan fingerprint density at radius 3 is 2.40 bits per heavy atom. The number of nitrogens with one attached hydrogen (secondary N) is 1. The van der Waals surface area contributed by atoms with Crippen LogP contribution in [-0.4, -0.2) is 29.9 Å². The molecule has 0 fully saturated rings. The predicted octanol–water partition coefficient (Wildman–Crippen LogP) is 5.49. The van der Waals surface area contributed by atoms with Gasteiger partial charge in [0.05, 0.1) is 11.4 Å². The predicted molar refractivity (Wildman–Crippen MR) is 119 cm³/mol. The Bertz CT molecular complexity index is 1190. The van der Waals surface area contributed by atoms with Crippen LogP contribution in [-0.2, 0) is 13.5 Å². The van der Waals surface area contributed by atoms with Gasteiger partial charge in [0.2, 0.25) is 0 Å². The third kappa shape index (κ3) is 3.93. The van der Waals surface area contributed by atoms with Crippen LogP contribution in [0.3, 0.4) is 0 Å². The number of fused-ring (bicyclic) bond motifs is 2. The van der Waals surface area contributed by atoms with Crippen LogP contribution >= 0.6 is 0 Å². The van der Waals surface area contributed by atoms with Crippen LogP contribution < -0.4 is 0 Å². The van der Waals surface area contributed by atoms with Crippen LogP contribution in [0.4, 0.5) is 4.39 Å². The maximum atomic E-state index is 13.5. The summed E-state index contributed by atoms with van der Waals surface area (Å²) in [7, 11) is 1.97. The first-order valence-electron chi connectivity index (χ1n) is 10.5. The molecule has 160 valence electrons. The second kappa shape index (κ2) is 8.50. The minimum absolute atomic E-state index is 0.295. The van der Waals surface area contributed by atoms with E-state index < -0.39 is 0 Å². The molecule has 0 aliphatic heterocycles. The summed E-state index contributed by atoms with van der Waals surface area (Å²) in [5.41, 5.74) is 6.31. The first-order chi connectivity index (χ1) is 14.1. The molecule has 7 heteroatoms. The van der Waals surface area contributed by atoms with Crippen LogP contribution in [0.2, 0.25) is 0 Å². The molecule has 1 N–H and O–H groups in total. The molecule has 0 saturated carbocycles. The first-order valence-corrected chi connectivity index (χ1v) is 10.5. The van der Waals surface area contributed by atoms with Gasteiger partial charge < -0.3 is 0 Å². The fourth-order valence-electron chi connectivity index (χ4n) is 3.61. The molecule has 4 aromatic rings. The SMILES string of the molecule is CCc1nc2c(cc1C)c(C(C)C)nn2C.Cc1ncc2c(C(C)C)[nH]nc2c1F. The number of hydrogen-bond donors (Lipinski definition) is 1. The van der Waals surface area contributed by atoms with E-state index in [0.29, 0.717) is 23.0 Å². The molecule has 0 unspecified atom stereocenters. The molecule has 0 aliphatic rings. The number of hydrogen-bond acceptors (Lipinski definition) is 4. The van der Waals surface area contributed by atoms with Crippen molar-refractivity contribution in [2.75, 3.05) is 0 Å². The highest BCUT2D eigenvalue weighted by molar-refractivity contribution is 5.82. The number of rotatable bonds is 3. The van der Waals surface area contributed by atoms with E-state index in [9.17, 15) is 4.39 Å². The van der Waals surface area contributed by atoms with E-state index in [1.165, 1.54) is 16.6 Å². The van der Waals surface area contributed by atoms with Gasteiger partial charge in [0.1, 0.15) is 5.52 Å². The minimum atomic E-state index is -0.328. The van der Waals surface area contributed by atoms with Crippen molar-refractivity contribution in [2.45, 2.75) is 66.7 Å². The highest BCUT2D eigenvalue weighted by Gasteiger charge is 2.15. The number of nitrogens with zero attached hydrogens (tertiary/aromatic N) is 5. The zero-order chi connectivity index (χ0) is 22.2. The third-order valence-electron chi connectivity index (χ3n) is 5.34. The molecule has 30 heavy (non-hydrogen) atoms. The standard InChI is InChI=1S/C13H19N3.C10H12FN3/c1-6-11-9(4)7-10-12(8(2)3)15-16(5)13(10)14-11;1-5(2)9-7-4-12-6(3)8(11)10(7)14-13-9/h7-8H,6H2,1-5H3;4-5H,1-3H3,(H,13,14). The van der Waals surface area contributed by atoms with Gasteiger partial charge in [-0.2, -0.15) is 10.2 Å². The molecule has 0 spiro atoms. The summed E-state index contributed by atoms with van der Waals surface area (Å²) in [5, 5.41) is 13.4. The van der Waals surface area contributed by atoms with E-state index in [1.807, 2.05) is 25.6 Å². The summed E-state index contributed by atoms with van der Waals surface area (Å²) >= 11 is 0. The van der Waals surface area contributed by atoms with Gasteiger partial charge in [0.15, 0.2) is 11.5 Å². The van der Waals surface area contributed by atoms with Gasteiger partial charge in [-0.1, -0.05) is 34.6 Å². The van der Waals surface area contributed by atoms with E-state index in [0.717, 1.165) is 28.8 Å². The van der Waals surface area contributed by atoms with Crippen molar-refractivity contribution in [2.24, 2.45) is 7.05 Å². The number of pyridine rings is 2. The van der Waals surface area contributed by atoms with E-state index >= 15 is 0 Å². The maximum absolute atomic E-state index is 13.5. The van der Waals surface area contributed by atoms with Gasteiger partial charge in [0.25, 0.3) is 0 Å². The number of aromatic nitrogens is 6. The summed E-state index contributed by atoms with van der Waals surface area (Å²) < 4.78 is 15.4. The Morgan fingerprint density at radius 1 is 1.10 bits per heavy atom. The number of H-pyrrole nitrogens is 1. The largest absolute Gasteiger partial charge is 0.281 e. The summed E-state index contributed by atoms with van der Waals surface area (Å²) in [6.07, 6.45) is 2.65. The van der Waals surface area contributed by atoms with Gasteiger partial charge in [-0.05, 0) is 43.7 Å². The van der Waals surface area contributed by atoms with Gasteiger partial charge in [-0.15, -0.1) is 0 Å². The molecular formula is C23H31FN6. The quantitative estimate of drug-likeness (QED) is 0.485. The van der Waals surface area contributed by atoms with Crippen molar-refractivity contribution in [3.8, 4) is 0 Å². The molecule has 0 saturated heterocycles. The number of aryl methyl sites for hydroxylation is 4. The zero-order valence-electron chi connectivity index (χ0n) is 19.1. The van der Waals surface area contributed by atoms with Crippen molar-refractivity contribution in [1.29, 1.82) is 0 Å². The average molecular weight is 411 g/mol. The molecule has 0 atom stereocenters. The lowest BCUT2D eigenvalue weighted by molar-refractivity contribution is 0.619. The fraction of sp³-hybridized carbons (Fsp3) is 0.478. The van der Waals surface area contributed by atoms with Crippen LogP contribution in [0.5, 0.6) is 0 Å². The number of aromatic amines is 1. The van der Waals surface area contributed by atoms with Gasteiger partial charge >= 0.3 is 0 Å². The lowest BCUT2D eigenvalue weighted by Crippen LogP contribution is -1.96. The second-order valence-corrected chi connectivity index (χ2v) is 8.35. The van der Waals surface area contributed by atoms with E-state index in [-0.39, 0.29) is 5.82 Å².